The molecule has 3 rings (SSSR count). The Bertz CT molecular complexity index is 785. The van der Waals surface area contributed by atoms with Crippen molar-refractivity contribution in [1.82, 2.24) is 4.98 Å². The predicted molar refractivity (Wildman–Crippen MR) is 87.5 cm³/mol. The SMILES string of the molecule is NS(=O)(=O)c1cccc(Cl)c1-c1ccc(N2CCCC2)nc1. The summed E-state index contributed by atoms with van der Waals surface area (Å²) < 4.78 is 23.5. The molecule has 0 aliphatic carbocycles. The van der Waals surface area contributed by atoms with E-state index in [2.05, 4.69) is 9.88 Å². The van der Waals surface area contributed by atoms with Gasteiger partial charge in [0.15, 0.2) is 0 Å². The fourth-order valence-corrected chi connectivity index (χ4v) is 3.81. The van der Waals surface area contributed by atoms with E-state index in [0.717, 1.165) is 18.9 Å². The third-order valence-electron chi connectivity index (χ3n) is 3.75. The number of sulfonamides is 1. The summed E-state index contributed by atoms with van der Waals surface area (Å²) in [6.45, 7) is 2.00. The Balaban J connectivity index is 2.04. The first kappa shape index (κ1) is 15.3. The lowest BCUT2D eigenvalue weighted by atomic mass is 10.1. The summed E-state index contributed by atoms with van der Waals surface area (Å²) in [5, 5.41) is 5.61. The number of nitrogens with two attached hydrogens (primary N) is 1. The van der Waals surface area contributed by atoms with Gasteiger partial charge in [0, 0.05) is 35.4 Å². The highest BCUT2D eigenvalue weighted by Gasteiger charge is 2.19. The largest absolute Gasteiger partial charge is 0.357 e. The lowest BCUT2D eigenvalue weighted by molar-refractivity contribution is 0.598. The van der Waals surface area contributed by atoms with E-state index in [9.17, 15) is 8.42 Å². The predicted octanol–water partition coefficient (Wildman–Crippen LogP) is 2.65. The number of aromatic nitrogens is 1. The highest BCUT2D eigenvalue weighted by Crippen LogP contribution is 2.34. The Morgan fingerprint density at radius 3 is 2.45 bits per heavy atom. The monoisotopic (exact) mass is 337 g/mol. The summed E-state index contributed by atoms with van der Waals surface area (Å²) in [5.74, 6) is 0.894. The van der Waals surface area contributed by atoms with Crippen LogP contribution in [0.25, 0.3) is 11.1 Å². The molecule has 0 bridgehead atoms. The van der Waals surface area contributed by atoms with E-state index in [1.807, 2.05) is 12.1 Å². The van der Waals surface area contributed by atoms with Crippen LogP contribution in [0, 0.1) is 0 Å². The molecule has 116 valence electrons. The lowest BCUT2D eigenvalue weighted by Crippen LogP contribution is -2.18. The molecule has 1 aliphatic rings. The number of hydrogen-bond acceptors (Lipinski definition) is 4. The van der Waals surface area contributed by atoms with Gasteiger partial charge < -0.3 is 4.90 Å². The summed E-state index contributed by atoms with van der Waals surface area (Å²) in [6, 6.07) is 8.37. The number of nitrogens with zero attached hydrogens (tertiary/aromatic N) is 2. The van der Waals surface area contributed by atoms with E-state index in [0.29, 0.717) is 16.1 Å². The summed E-state index contributed by atoms with van der Waals surface area (Å²) in [6.07, 6.45) is 3.98. The zero-order valence-electron chi connectivity index (χ0n) is 11.9. The van der Waals surface area contributed by atoms with E-state index in [1.165, 1.54) is 18.9 Å². The van der Waals surface area contributed by atoms with Crippen LogP contribution >= 0.6 is 11.6 Å². The van der Waals surface area contributed by atoms with Crippen molar-refractivity contribution in [2.45, 2.75) is 17.7 Å². The molecule has 2 aromatic rings. The van der Waals surface area contributed by atoms with Crippen molar-refractivity contribution in [3.05, 3.63) is 41.6 Å². The fraction of sp³-hybridized carbons (Fsp3) is 0.267. The lowest BCUT2D eigenvalue weighted by Gasteiger charge is -2.17. The summed E-state index contributed by atoms with van der Waals surface area (Å²) in [7, 11) is -3.85. The number of rotatable bonds is 3. The van der Waals surface area contributed by atoms with Gasteiger partial charge in [-0.2, -0.15) is 0 Å². The highest BCUT2D eigenvalue weighted by atomic mass is 35.5. The normalized spacial score (nSPS) is 15.3. The van der Waals surface area contributed by atoms with Crippen LogP contribution in [0.1, 0.15) is 12.8 Å². The standard InChI is InChI=1S/C15H16ClN3O2S/c16-12-4-3-5-13(22(17,20)21)15(12)11-6-7-14(18-10-11)19-8-1-2-9-19/h3-7,10H,1-2,8-9H2,(H2,17,20,21). The molecule has 0 spiro atoms. The minimum Gasteiger partial charge on any atom is -0.357 e. The first-order valence-electron chi connectivity index (χ1n) is 6.99. The molecule has 0 radical (unpaired) electrons. The molecule has 2 heterocycles. The highest BCUT2D eigenvalue weighted by molar-refractivity contribution is 7.89. The Morgan fingerprint density at radius 1 is 1.14 bits per heavy atom. The quantitative estimate of drug-likeness (QED) is 0.934. The van der Waals surface area contributed by atoms with Crippen molar-refractivity contribution >= 4 is 27.4 Å². The van der Waals surface area contributed by atoms with Gasteiger partial charge in [0.2, 0.25) is 10.0 Å². The Morgan fingerprint density at radius 2 is 1.86 bits per heavy atom. The molecule has 0 amide bonds. The molecular formula is C15H16ClN3O2S. The van der Waals surface area contributed by atoms with Crippen molar-refractivity contribution in [1.29, 1.82) is 0 Å². The number of halogens is 1. The molecule has 1 aliphatic heterocycles. The van der Waals surface area contributed by atoms with E-state index >= 15 is 0 Å². The van der Waals surface area contributed by atoms with Crippen molar-refractivity contribution in [3.8, 4) is 11.1 Å². The molecule has 1 saturated heterocycles. The maximum absolute atomic E-state index is 11.7. The summed E-state index contributed by atoms with van der Waals surface area (Å²) >= 11 is 6.18. The molecular weight excluding hydrogens is 322 g/mol. The maximum atomic E-state index is 11.7. The van der Waals surface area contributed by atoms with Crippen molar-refractivity contribution in [2.75, 3.05) is 18.0 Å². The van der Waals surface area contributed by atoms with Gasteiger partial charge in [-0.3, -0.25) is 0 Å². The molecule has 0 unspecified atom stereocenters. The number of anilines is 1. The first-order chi connectivity index (χ1) is 10.5. The summed E-state index contributed by atoms with van der Waals surface area (Å²) in [4.78, 5) is 6.65. The van der Waals surface area contributed by atoms with Gasteiger partial charge in [0.25, 0.3) is 0 Å². The first-order valence-corrected chi connectivity index (χ1v) is 8.92. The van der Waals surface area contributed by atoms with E-state index in [-0.39, 0.29) is 4.90 Å². The van der Waals surface area contributed by atoms with Crippen molar-refractivity contribution < 1.29 is 8.42 Å². The van der Waals surface area contributed by atoms with Crippen LogP contribution in [0.3, 0.4) is 0 Å². The Labute approximate surface area is 134 Å². The second kappa shape index (κ2) is 5.87. The van der Waals surface area contributed by atoms with Gasteiger partial charge in [-0.15, -0.1) is 0 Å². The molecule has 0 atom stereocenters. The zero-order valence-corrected chi connectivity index (χ0v) is 13.4. The number of primary sulfonamides is 1. The average Bonchev–Trinajstić information content (AvgIpc) is 3.00. The van der Waals surface area contributed by atoms with Gasteiger partial charge in [0.05, 0.1) is 4.90 Å². The van der Waals surface area contributed by atoms with Crippen LogP contribution < -0.4 is 10.0 Å². The second-order valence-corrected chi connectivity index (χ2v) is 7.19. The van der Waals surface area contributed by atoms with E-state index in [1.54, 1.807) is 18.3 Å². The van der Waals surface area contributed by atoms with Crippen LogP contribution in [0.4, 0.5) is 5.82 Å². The van der Waals surface area contributed by atoms with Crippen LogP contribution in [0.2, 0.25) is 5.02 Å². The smallest absolute Gasteiger partial charge is 0.238 e. The van der Waals surface area contributed by atoms with Crippen LogP contribution in [0.15, 0.2) is 41.4 Å². The average molecular weight is 338 g/mol. The molecule has 7 heteroatoms. The molecule has 1 fully saturated rings. The van der Waals surface area contributed by atoms with Gasteiger partial charge in [-0.1, -0.05) is 17.7 Å². The minimum atomic E-state index is -3.85. The fourth-order valence-electron chi connectivity index (χ4n) is 2.69. The third kappa shape index (κ3) is 2.95. The zero-order chi connectivity index (χ0) is 15.7. The molecule has 2 N–H and O–H groups in total. The number of pyridine rings is 1. The number of hydrogen-bond donors (Lipinski definition) is 1. The van der Waals surface area contributed by atoms with Crippen LogP contribution in [0.5, 0.6) is 0 Å². The van der Waals surface area contributed by atoms with Crippen molar-refractivity contribution in [3.63, 3.8) is 0 Å². The topological polar surface area (TPSA) is 76.3 Å². The van der Waals surface area contributed by atoms with Crippen LogP contribution in [-0.2, 0) is 10.0 Å². The van der Waals surface area contributed by atoms with E-state index < -0.39 is 10.0 Å². The number of benzene rings is 1. The molecule has 1 aromatic heterocycles. The Hall–Kier alpha value is -1.63. The maximum Gasteiger partial charge on any atom is 0.238 e. The minimum absolute atomic E-state index is 0.00993. The second-order valence-electron chi connectivity index (χ2n) is 5.26. The molecule has 22 heavy (non-hydrogen) atoms. The molecule has 1 aromatic carbocycles. The Kier molecular flexibility index (Phi) is 4.08. The molecule has 5 nitrogen and oxygen atoms in total. The van der Waals surface area contributed by atoms with E-state index in [4.69, 9.17) is 16.7 Å². The molecule has 0 saturated carbocycles. The third-order valence-corrected chi connectivity index (χ3v) is 5.02. The van der Waals surface area contributed by atoms with Gasteiger partial charge in [-0.25, -0.2) is 18.5 Å². The van der Waals surface area contributed by atoms with Gasteiger partial charge in [-0.05, 0) is 37.1 Å². The van der Waals surface area contributed by atoms with Gasteiger partial charge in [0.1, 0.15) is 5.82 Å². The summed E-state index contributed by atoms with van der Waals surface area (Å²) in [5.41, 5.74) is 1.03. The van der Waals surface area contributed by atoms with Crippen LogP contribution in [-0.4, -0.2) is 26.5 Å². The van der Waals surface area contributed by atoms with Crippen molar-refractivity contribution in [2.24, 2.45) is 5.14 Å². The van der Waals surface area contributed by atoms with Gasteiger partial charge >= 0.3 is 0 Å².